The van der Waals surface area contributed by atoms with Gasteiger partial charge in [0, 0.05) is 12.5 Å². The van der Waals surface area contributed by atoms with E-state index in [4.69, 9.17) is 15.2 Å². The van der Waals surface area contributed by atoms with Gasteiger partial charge in [0.15, 0.2) is 11.5 Å². The van der Waals surface area contributed by atoms with Crippen molar-refractivity contribution in [2.24, 2.45) is 11.7 Å². The van der Waals surface area contributed by atoms with Gasteiger partial charge in [-0.25, -0.2) is 4.39 Å². The van der Waals surface area contributed by atoms with Crippen LogP contribution in [-0.2, 0) is 6.54 Å². The summed E-state index contributed by atoms with van der Waals surface area (Å²) in [5, 5.41) is 0. The van der Waals surface area contributed by atoms with E-state index in [1.807, 2.05) is 18.2 Å². The molecule has 0 aliphatic carbocycles. The van der Waals surface area contributed by atoms with Crippen molar-refractivity contribution in [3.63, 3.8) is 0 Å². The second kappa shape index (κ2) is 5.74. The van der Waals surface area contributed by atoms with Gasteiger partial charge in [0.2, 0.25) is 0 Å². The highest BCUT2D eigenvalue weighted by molar-refractivity contribution is 5.70. The lowest BCUT2D eigenvalue weighted by molar-refractivity contribution is 0.228. The summed E-state index contributed by atoms with van der Waals surface area (Å²) in [7, 11) is 0. The molecule has 2 N–H and O–H groups in total. The van der Waals surface area contributed by atoms with Crippen molar-refractivity contribution in [1.29, 1.82) is 0 Å². The fraction of sp³-hybridized carbons (Fsp3) is 0.294. The van der Waals surface area contributed by atoms with E-state index in [0.717, 1.165) is 22.4 Å². The summed E-state index contributed by atoms with van der Waals surface area (Å²) in [6.07, 6.45) is 0. The molecule has 0 spiro atoms. The van der Waals surface area contributed by atoms with Crippen LogP contribution in [0.4, 0.5) is 4.39 Å². The van der Waals surface area contributed by atoms with Crippen LogP contribution < -0.4 is 15.2 Å². The molecule has 2 aromatic rings. The van der Waals surface area contributed by atoms with Crippen molar-refractivity contribution in [1.82, 2.24) is 0 Å². The van der Waals surface area contributed by atoms with Gasteiger partial charge < -0.3 is 15.2 Å². The smallest absolute Gasteiger partial charge is 0.161 e. The molecule has 3 nitrogen and oxygen atoms in total. The Hall–Kier alpha value is -2.07. The van der Waals surface area contributed by atoms with Gasteiger partial charge in [0.05, 0.1) is 13.2 Å². The first-order chi connectivity index (χ1) is 10.2. The lowest BCUT2D eigenvalue weighted by Crippen LogP contribution is -2.12. The predicted octanol–water partition coefficient (Wildman–Crippen LogP) is 3.36. The second-order valence-corrected chi connectivity index (χ2v) is 5.39. The molecule has 0 aromatic heterocycles. The molecule has 1 atom stereocenters. The Balaban J connectivity index is 2.03. The molecule has 0 saturated heterocycles. The third kappa shape index (κ3) is 2.85. The zero-order valence-electron chi connectivity index (χ0n) is 11.9. The molecule has 1 unspecified atom stereocenters. The van der Waals surface area contributed by atoms with Crippen LogP contribution in [0, 0.1) is 11.7 Å². The van der Waals surface area contributed by atoms with Gasteiger partial charge in [0.1, 0.15) is 5.82 Å². The van der Waals surface area contributed by atoms with Crippen LogP contribution >= 0.6 is 0 Å². The average Bonchev–Trinajstić information content (AvgIpc) is 2.69. The highest BCUT2D eigenvalue weighted by atomic mass is 19.1. The van der Waals surface area contributed by atoms with Crippen LogP contribution in [0.25, 0.3) is 11.1 Å². The molecule has 1 aliphatic rings. The van der Waals surface area contributed by atoms with Crippen LogP contribution in [0.2, 0.25) is 0 Å². The molecule has 0 bridgehead atoms. The zero-order valence-corrected chi connectivity index (χ0v) is 11.9. The van der Waals surface area contributed by atoms with Crippen molar-refractivity contribution in [3.8, 4) is 22.6 Å². The first kappa shape index (κ1) is 13.9. The van der Waals surface area contributed by atoms with Crippen molar-refractivity contribution in [3.05, 3.63) is 47.8 Å². The molecule has 0 fully saturated rings. The molecule has 0 amide bonds. The van der Waals surface area contributed by atoms with E-state index >= 15 is 0 Å². The van der Waals surface area contributed by atoms with E-state index < -0.39 is 0 Å². The summed E-state index contributed by atoms with van der Waals surface area (Å²) in [6, 6.07) is 10.3. The number of rotatable bonds is 2. The molecule has 3 rings (SSSR count). The van der Waals surface area contributed by atoms with Gasteiger partial charge in [-0.1, -0.05) is 19.1 Å². The number of hydrogen-bond donors (Lipinski definition) is 1. The third-order valence-corrected chi connectivity index (χ3v) is 3.59. The van der Waals surface area contributed by atoms with E-state index in [-0.39, 0.29) is 5.82 Å². The molecule has 4 heteroatoms. The summed E-state index contributed by atoms with van der Waals surface area (Å²) < 4.78 is 25.0. The quantitative estimate of drug-likeness (QED) is 0.921. The van der Waals surface area contributed by atoms with Gasteiger partial charge in [0.25, 0.3) is 0 Å². The molecule has 1 aliphatic heterocycles. The van der Waals surface area contributed by atoms with Crippen LogP contribution in [0.5, 0.6) is 11.5 Å². The molecule has 0 radical (unpaired) electrons. The maximum atomic E-state index is 13.5. The van der Waals surface area contributed by atoms with Gasteiger partial charge in [-0.2, -0.15) is 0 Å². The highest BCUT2D eigenvalue weighted by Crippen LogP contribution is 2.36. The lowest BCUT2D eigenvalue weighted by Gasteiger charge is -2.12. The predicted molar refractivity (Wildman–Crippen MR) is 79.9 cm³/mol. The van der Waals surface area contributed by atoms with Gasteiger partial charge in [-0.05, 0) is 41.0 Å². The summed E-state index contributed by atoms with van der Waals surface area (Å²) in [4.78, 5) is 0. The average molecular weight is 287 g/mol. The number of halogens is 1. The fourth-order valence-corrected chi connectivity index (χ4v) is 2.42. The minimum absolute atomic E-state index is 0.275. The van der Waals surface area contributed by atoms with Gasteiger partial charge in [-0.15, -0.1) is 0 Å². The number of nitrogens with two attached hydrogens (primary N) is 1. The minimum atomic E-state index is -0.275. The largest absolute Gasteiger partial charge is 0.489 e. The normalized spacial score (nSPS) is 17.4. The van der Waals surface area contributed by atoms with Crippen molar-refractivity contribution in [2.75, 3.05) is 13.2 Å². The van der Waals surface area contributed by atoms with Crippen molar-refractivity contribution < 1.29 is 13.9 Å². The van der Waals surface area contributed by atoms with Crippen molar-refractivity contribution in [2.45, 2.75) is 13.5 Å². The second-order valence-electron chi connectivity index (χ2n) is 5.39. The standard InChI is InChI=1S/C17H18FNO2/c1-11-9-20-16-5-3-12(6-17(16)21-10-11)15-7-14(18)4-2-13(15)8-19/h2-7,11H,8-10,19H2,1H3. The van der Waals surface area contributed by atoms with E-state index in [9.17, 15) is 4.39 Å². The Kier molecular flexibility index (Phi) is 3.80. The van der Waals surface area contributed by atoms with Crippen LogP contribution in [0.15, 0.2) is 36.4 Å². The molecule has 1 heterocycles. The monoisotopic (exact) mass is 287 g/mol. The Bertz CT molecular complexity index is 657. The topological polar surface area (TPSA) is 44.5 Å². The zero-order chi connectivity index (χ0) is 14.8. The highest BCUT2D eigenvalue weighted by Gasteiger charge is 2.16. The Morgan fingerprint density at radius 1 is 1.10 bits per heavy atom. The molecule has 0 saturated carbocycles. The molecular formula is C17H18FNO2. The summed E-state index contributed by atoms with van der Waals surface area (Å²) in [6.45, 7) is 3.69. The number of fused-ring (bicyclic) bond motifs is 1. The van der Waals surface area contributed by atoms with Crippen LogP contribution in [0.1, 0.15) is 12.5 Å². The van der Waals surface area contributed by atoms with Gasteiger partial charge in [-0.3, -0.25) is 0 Å². The maximum Gasteiger partial charge on any atom is 0.161 e. The number of benzene rings is 2. The summed E-state index contributed by atoms with van der Waals surface area (Å²) in [5.74, 6) is 1.50. The van der Waals surface area contributed by atoms with Gasteiger partial charge >= 0.3 is 0 Å². The summed E-state index contributed by atoms with van der Waals surface area (Å²) >= 11 is 0. The Morgan fingerprint density at radius 2 is 1.86 bits per heavy atom. The fourth-order valence-electron chi connectivity index (χ4n) is 2.42. The Labute approximate surface area is 123 Å². The molecule has 110 valence electrons. The van der Waals surface area contributed by atoms with Crippen molar-refractivity contribution >= 4 is 0 Å². The lowest BCUT2D eigenvalue weighted by atomic mass is 9.99. The first-order valence-corrected chi connectivity index (χ1v) is 7.06. The van der Waals surface area contributed by atoms with E-state index in [0.29, 0.717) is 31.4 Å². The maximum absolute atomic E-state index is 13.5. The van der Waals surface area contributed by atoms with E-state index in [1.165, 1.54) is 12.1 Å². The number of hydrogen-bond acceptors (Lipinski definition) is 3. The molecule has 21 heavy (non-hydrogen) atoms. The SMILES string of the molecule is CC1COc2ccc(-c3cc(F)ccc3CN)cc2OC1. The van der Waals surface area contributed by atoms with E-state index in [2.05, 4.69) is 6.92 Å². The Morgan fingerprint density at radius 3 is 2.62 bits per heavy atom. The van der Waals surface area contributed by atoms with Crippen LogP contribution in [0.3, 0.4) is 0 Å². The summed E-state index contributed by atoms with van der Waals surface area (Å²) in [5.41, 5.74) is 8.32. The van der Waals surface area contributed by atoms with Crippen LogP contribution in [-0.4, -0.2) is 13.2 Å². The minimum Gasteiger partial charge on any atom is -0.489 e. The number of ether oxygens (including phenoxy) is 2. The molecule has 2 aromatic carbocycles. The molecular weight excluding hydrogens is 269 g/mol. The third-order valence-electron chi connectivity index (χ3n) is 3.59. The van der Waals surface area contributed by atoms with E-state index in [1.54, 1.807) is 6.07 Å². The first-order valence-electron chi connectivity index (χ1n) is 7.06.